The van der Waals surface area contributed by atoms with Gasteiger partial charge in [0.2, 0.25) is 21.8 Å². The lowest BCUT2D eigenvalue weighted by Crippen LogP contribution is -2.53. The Balaban J connectivity index is 1.23. The van der Waals surface area contributed by atoms with Crippen LogP contribution in [0.2, 0.25) is 0 Å². The monoisotopic (exact) mass is 615 g/mol. The number of likely N-dealkylation sites (tertiary alicyclic amines) is 1. The van der Waals surface area contributed by atoms with Crippen molar-refractivity contribution < 1.29 is 27.5 Å². The van der Waals surface area contributed by atoms with Crippen molar-refractivity contribution in [2.45, 2.75) is 49.8 Å². The highest BCUT2D eigenvalue weighted by Gasteiger charge is 2.31. The summed E-state index contributed by atoms with van der Waals surface area (Å²) in [7, 11) is -2.17. The largest absolute Gasteiger partial charge is 0.481 e. The van der Waals surface area contributed by atoms with Gasteiger partial charge < -0.3 is 14.8 Å². The maximum atomic E-state index is 13.6. The molecule has 3 aromatic rings. The van der Waals surface area contributed by atoms with Gasteiger partial charge in [-0.2, -0.15) is 0 Å². The number of anilines is 1. The van der Waals surface area contributed by atoms with Crippen molar-refractivity contribution in [1.29, 1.82) is 0 Å². The van der Waals surface area contributed by atoms with Gasteiger partial charge in [-0.3, -0.25) is 14.5 Å². The van der Waals surface area contributed by atoms with Gasteiger partial charge >= 0.3 is 5.97 Å². The van der Waals surface area contributed by atoms with Crippen LogP contribution in [0.1, 0.15) is 50.5 Å². The summed E-state index contributed by atoms with van der Waals surface area (Å²) in [5.74, 6) is 0.182. The SMILES string of the molecule is CCOC(=O)CN1CC(CNS(=O)(=O)c2ccc(C(CC3CCCC3)C(=O)Nc3nc4ccc(OC)nc4s3)cc2)C1. The number of carbonyl (C=O) groups excluding carboxylic acids is 2. The van der Waals surface area contributed by atoms with E-state index in [2.05, 4.69) is 20.0 Å². The van der Waals surface area contributed by atoms with Crippen molar-refractivity contribution in [2.24, 2.45) is 11.8 Å². The van der Waals surface area contributed by atoms with Gasteiger partial charge in [-0.15, -0.1) is 0 Å². The first kappa shape index (κ1) is 30.3. The zero-order valence-corrected chi connectivity index (χ0v) is 25.5. The second-order valence-corrected chi connectivity index (χ2v) is 13.7. The highest BCUT2D eigenvalue weighted by atomic mass is 32.2. The number of ether oxygens (including phenoxy) is 2. The standard InChI is InChI=1S/C29H37N5O6S2/c1-3-40-26(35)18-34-16-20(17-34)15-30-42(37,38)22-10-8-21(9-11-22)23(14-19-6-4-5-7-19)27(36)33-29-31-24-12-13-25(39-2)32-28(24)41-29/h8-13,19-20,23,30H,3-7,14-18H2,1-2H3,(H,31,33,36). The number of rotatable bonds is 13. The predicted molar refractivity (Wildman–Crippen MR) is 160 cm³/mol. The molecule has 5 rings (SSSR count). The Morgan fingerprint density at radius 2 is 1.81 bits per heavy atom. The number of sulfonamides is 1. The van der Waals surface area contributed by atoms with Crippen molar-refractivity contribution in [3.63, 3.8) is 0 Å². The summed E-state index contributed by atoms with van der Waals surface area (Å²) in [4.78, 5) is 36.9. The number of esters is 1. The Morgan fingerprint density at radius 3 is 2.50 bits per heavy atom. The number of hydrogen-bond donors (Lipinski definition) is 2. The molecule has 2 fully saturated rings. The van der Waals surface area contributed by atoms with Crippen LogP contribution in [0, 0.1) is 11.8 Å². The van der Waals surface area contributed by atoms with Gasteiger partial charge in [0.05, 0.1) is 31.1 Å². The summed E-state index contributed by atoms with van der Waals surface area (Å²) in [6.07, 6.45) is 5.19. The molecule has 42 heavy (non-hydrogen) atoms. The van der Waals surface area contributed by atoms with E-state index in [-0.39, 0.29) is 29.2 Å². The zero-order chi connectivity index (χ0) is 29.7. The summed E-state index contributed by atoms with van der Waals surface area (Å²) in [5, 5.41) is 3.44. The van der Waals surface area contributed by atoms with E-state index >= 15 is 0 Å². The third-order valence-corrected chi connectivity index (χ3v) is 10.2. The van der Waals surface area contributed by atoms with Gasteiger partial charge in [0.25, 0.3) is 0 Å². The molecular weight excluding hydrogens is 578 g/mol. The normalized spacial score (nSPS) is 17.2. The Morgan fingerprint density at radius 1 is 1.07 bits per heavy atom. The number of nitrogens with zero attached hydrogens (tertiary/aromatic N) is 3. The molecule has 1 unspecified atom stereocenters. The molecule has 226 valence electrons. The number of thiazole rings is 1. The van der Waals surface area contributed by atoms with Gasteiger partial charge in [0.1, 0.15) is 10.3 Å². The molecule has 11 nitrogen and oxygen atoms in total. The van der Waals surface area contributed by atoms with Crippen molar-refractivity contribution in [3.8, 4) is 5.88 Å². The van der Waals surface area contributed by atoms with Crippen LogP contribution in [-0.2, 0) is 24.3 Å². The lowest BCUT2D eigenvalue weighted by molar-refractivity contribution is -0.146. The predicted octanol–water partition coefficient (Wildman–Crippen LogP) is 3.78. The van der Waals surface area contributed by atoms with E-state index in [0.29, 0.717) is 59.9 Å². The fraction of sp³-hybridized carbons (Fsp3) is 0.517. The van der Waals surface area contributed by atoms with Gasteiger partial charge in [-0.25, -0.2) is 23.1 Å². The fourth-order valence-electron chi connectivity index (χ4n) is 5.65. The van der Waals surface area contributed by atoms with Crippen molar-refractivity contribution >= 4 is 48.7 Å². The van der Waals surface area contributed by atoms with Crippen LogP contribution in [0.15, 0.2) is 41.3 Å². The van der Waals surface area contributed by atoms with Gasteiger partial charge in [-0.05, 0) is 48.9 Å². The highest BCUT2D eigenvalue weighted by Crippen LogP contribution is 2.36. The number of aromatic nitrogens is 2. The summed E-state index contributed by atoms with van der Waals surface area (Å²) in [6.45, 7) is 3.89. The summed E-state index contributed by atoms with van der Waals surface area (Å²) >= 11 is 1.29. The number of nitrogens with one attached hydrogen (secondary N) is 2. The van der Waals surface area contributed by atoms with E-state index < -0.39 is 15.9 Å². The number of fused-ring (bicyclic) bond motifs is 1. The van der Waals surface area contributed by atoms with Crippen LogP contribution in [0.25, 0.3) is 10.3 Å². The molecule has 3 heterocycles. The zero-order valence-electron chi connectivity index (χ0n) is 23.9. The van der Waals surface area contributed by atoms with Crippen molar-refractivity contribution in [3.05, 3.63) is 42.0 Å². The molecule has 1 aromatic carbocycles. The topological polar surface area (TPSA) is 140 Å². The van der Waals surface area contributed by atoms with E-state index in [1.807, 2.05) is 4.90 Å². The maximum Gasteiger partial charge on any atom is 0.320 e. The van der Waals surface area contributed by atoms with E-state index in [4.69, 9.17) is 9.47 Å². The summed E-state index contributed by atoms with van der Waals surface area (Å²) < 4.78 is 38.8. The number of hydrogen-bond acceptors (Lipinski definition) is 10. The first-order chi connectivity index (χ1) is 20.2. The van der Waals surface area contributed by atoms with Crippen LogP contribution in [0.3, 0.4) is 0 Å². The first-order valence-corrected chi connectivity index (χ1v) is 16.6. The quantitative estimate of drug-likeness (QED) is 0.275. The third kappa shape index (κ3) is 7.44. The number of amides is 1. The van der Waals surface area contributed by atoms with E-state index in [9.17, 15) is 18.0 Å². The summed E-state index contributed by atoms with van der Waals surface area (Å²) in [5.41, 5.74) is 1.45. The molecule has 0 radical (unpaired) electrons. The Hall–Kier alpha value is -3.13. The lowest BCUT2D eigenvalue weighted by Gasteiger charge is -2.38. The number of carbonyl (C=O) groups is 2. The maximum absolute atomic E-state index is 13.6. The third-order valence-electron chi connectivity index (χ3n) is 7.88. The Kier molecular flexibility index (Phi) is 9.71. The van der Waals surface area contributed by atoms with Crippen LogP contribution in [0.5, 0.6) is 5.88 Å². The molecule has 2 aliphatic rings. The summed E-state index contributed by atoms with van der Waals surface area (Å²) in [6, 6.07) is 10.1. The average Bonchev–Trinajstić information content (AvgIpc) is 3.62. The Labute approximate surface area is 250 Å². The average molecular weight is 616 g/mol. The molecule has 1 aliphatic carbocycles. The first-order valence-electron chi connectivity index (χ1n) is 14.3. The minimum absolute atomic E-state index is 0.131. The number of methoxy groups -OCH3 is 1. The van der Waals surface area contributed by atoms with Gasteiger partial charge in [0, 0.05) is 25.7 Å². The molecule has 0 bridgehead atoms. The van der Waals surface area contributed by atoms with E-state index in [0.717, 1.165) is 31.2 Å². The van der Waals surface area contributed by atoms with Crippen molar-refractivity contribution in [2.75, 3.05) is 45.2 Å². The minimum Gasteiger partial charge on any atom is -0.481 e. The van der Waals surface area contributed by atoms with Crippen molar-refractivity contribution in [1.82, 2.24) is 19.6 Å². The molecule has 2 N–H and O–H groups in total. The number of pyridine rings is 1. The van der Waals surface area contributed by atoms with Gasteiger partial charge in [0.15, 0.2) is 5.13 Å². The van der Waals surface area contributed by atoms with Crippen LogP contribution >= 0.6 is 11.3 Å². The van der Waals surface area contributed by atoms with E-state index in [1.165, 1.54) is 11.3 Å². The molecule has 1 aliphatic heterocycles. The molecule has 2 aromatic heterocycles. The smallest absolute Gasteiger partial charge is 0.320 e. The molecule has 0 spiro atoms. The van der Waals surface area contributed by atoms with Crippen LogP contribution in [0.4, 0.5) is 5.13 Å². The fourth-order valence-corrected chi connectivity index (χ4v) is 7.60. The van der Waals surface area contributed by atoms with Crippen LogP contribution in [-0.4, -0.2) is 75.1 Å². The molecule has 1 saturated carbocycles. The Bertz CT molecular complexity index is 1500. The molecule has 1 amide bonds. The molecule has 13 heteroatoms. The van der Waals surface area contributed by atoms with Crippen LogP contribution < -0.4 is 14.8 Å². The second-order valence-electron chi connectivity index (χ2n) is 10.9. The van der Waals surface area contributed by atoms with E-state index in [1.54, 1.807) is 50.4 Å². The lowest BCUT2D eigenvalue weighted by atomic mass is 9.87. The minimum atomic E-state index is -3.72. The molecular formula is C29H37N5O6S2. The molecule has 1 saturated heterocycles. The number of benzene rings is 1. The molecule has 1 atom stereocenters. The highest BCUT2D eigenvalue weighted by molar-refractivity contribution is 7.89. The van der Waals surface area contributed by atoms with Gasteiger partial charge in [-0.1, -0.05) is 49.2 Å². The second kappa shape index (κ2) is 13.4.